The fraction of sp³-hybridized carbons (Fsp3) is 0.857. The van der Waals surface area contributed by atoms with Gasteiger partial charge in [0.1, 0.15) is 5.75 Å². The molecule has 0 saturated heterocycles. The first-order valence-corrected chi connectivity index (χ1v) is 7.50. The van der Waals surface area contributed by atoms with E-state index >= 15 is 0 Å². The minimum atomic E-state index is -3.31. The maximum absolute atomic E-state index is 11.2. The molecular formula is C7H16N2O2S3. The van der Waals surface area contributed by atoms with Gasteiger partial charge in [-0.2, -0.15) is 11.8 Å². The summed E-state index contributed by atoms with van der Waals surface area (Å²) in [6.45, 7) is 2.49. The molecule has 0 aromatic rings. The number of thioether (sulfide) groups is 1. The van der Waals surface area contributed by atoms with E-state index in [1.807, 2.05) is 13.2 Å². The van der Waals surface area contributed by atoms with Crippen LogP contribution in [0.1, 0.15) is 13.3 Å². The summed E-state index contributed by atoms with van der Waals surface area (Å²) in [5, 5.41) is 0.447. The van der Waals surface area contributed by atoms with Crippen molar-refractivity contribution in [3.63, 3.8) is 0 Å². The molecule has 0 aliphatic rings. The van der Waals surface area contributed by atoms with Gasteiger partial charge < -0.3 is 5.73 Å². The lowest BCUT2D eigenvalue weighted by molar-refractivity contribution is 0.583. The van der Waals surface area contributed by atoms with E-state index in [9.17, 15) is 8.42 Å². The molecule has 0 spiro atoms. The Balaban J connectivity index is 3.83. The van der Waals surface area contributed by atoms with E-state index in [2.05, 4.69) is 16.9 Å². The van der Waals surface area contributed by atoms with Gasteiger partial charge in [0.25, 0.3) is 0 Å². The first-order chi connectivity index (χ1) is 6.37. The van der Waals surface area contributed by atoms with E-state index in [0.717, 1.165) is 6.42 Å². The Morgan fingerprint density at radius 2 is 2.21 bits per heavy atom. The van der Waals surface area contributed by atoms with Gasteiger partial charge in [0, 0.05) is 11.8 Å². The van der Waals surface area contributed by atoms with Crippen molar-refractivity contribution in [2.45, 2.75) is 18.6 Å². The van der Waals surface area contributed by atoms with Crippen LogP contribution >= 0.6 is 24.0 Å². The second kappa shape index (κ2) is 6.60. The van der Waals surface area contributed by atoms with Crippen molar-refractivity contribution in [2.24, 2.45) is 5.73 Å². The van der Waals surface area contributed by atoms with Crippen molar-refractivity contribution in [1.29, 1.82) is 0 Å². The molecule has 0 saturated carbocycles. The normalized spacial score (nSPS) is 13.9. The molecule has 0 rings (SSSR count). The third-order valence-electron chi connectivity index (χ3n) is 1.61. The van der Waals surface area contributed by atoms with E-state index in [0.29, 0.717) is 11.8 Å². The maximum Gasteiger partial charge on any atom is 0.218 e. The minimum absolute atomic E-state index is 0.00425. The summed E-state index contributed by atoms with van der Waals surface area (Å²) in [5.41, 5.74) is 5.14. The van der Waals surface area contributed by atoms with Crippen molar-refractivity contribution in [1.82, 2.24) is 4.72 Å². The van der Waals surface area contributed by atoms with Gasteiger partial charge in [-0.15, -0.1) is 0 Å². The predicted octanol–water partition coefficient (Wildman–Crippen LogP) is 0.334. The molecule has 0 amide bonds. The van der Waals surface area contributed by atoms with E-state index in [-0.39, 0.29) is 10.7 Å². The number of hydrogen-bond acceptors (Lipinski definition) is 4. The lowest BCUT2D eigenvalue weighted by atomic mass is 10.3. The Hall–Kier alpha value is 0.150. The molecule has 0 aliphatic carbocycles. The monoisotopic (exact) mass is 256 g/mol. The van der Waals surface area contributed by atoms with Crippen LogP contribution < -0.4 is 10.5 Å². The van der Waals surface area contributed by atoms with Gasteiger partial charge in [-0.05, 0) is 12.7 Å². The molecule has 0 aromatic carbocycles. The van der Waals surface area contributed by atoms with Gasteiger partial charge >= 0.3 is 0 Å². The summed E-state index contributed by atoms with van der Waals surface area (Å²) in [7, 11) is -3.31. The number of nitrogens with one attached hydrogen (secondary N) is 1. The summed E-state index contributed by atoms with van der Waals surface area (Å²) in [4.78, 5) is -0.00425. The molecule has 0 heterocycles. The Morgan fingerprint density at radius 3 is 2.64 bits per heavy atom. The average Bonchev–Trinajstić information content (AvgIpc) is 2.01. The number of rotatable bonds is 7. The zero-order valence-corrected chi connectivity index (χ0v) is 10.8. The summed E-state index contributed by atoms with van der Waals surface area (Å²) in [5.74, 6) is -0.268. The van der Waals surface area contributed by atoms with E-state index in [1.54, 1.807) is 11.8 Å². The standard InChI is InChI=1S/C7H16N2O2S3/c1-6(13-2)3-4-9-14(10,11)5-7(8)12/h6,9H,3-5H2,1-2H3,(H2,8,12). The van der Waals surface area contributed by atoms with Crippen LogP contribution in [0.15, 0.2) is 0 Å². The maximum atomic E-state index is 11.2. The number of hydrogen-bond donors (Lipinski definition) is 2. The molecular weight excluding hydrogens is 240 g/mol. The average molecular weight is 256 g/mol. The summed E-state index contributed by atoms with van der Waals surface area (Å²) in [6, 6.07) is 0. The minimum Gasteiger partial charge on any atom is -0.392 e. The van der Waals surface area contributed by atoms with Gasteiger partial charge in [0.15, 0.2) is 0 Å². The van der Waals surface area contributed by atoms with E-state index in [4.69, 9.17) is 5.73 Å². The Morgan fingerprint density at radius 1 is 1.64 bits per heavy atom. The van der Waals surface area contributed by atoms with Crippen molar-refractivity contribution < 1.29 is 8.42 Å². The largest absolute Gasteiger partial charge is 0.392 e. The lowest BCUT2D eigenvalue weighted by Gasteiger charge is -2.09. The SMILES string of the molecule is CSC(C)CCNS(=O)(=O)CC(N)=S. The molecule has 0 fully saturated rings. The molecule has 0 bridgehead atoms. The molecule has 0 aliphatic heterocycles. The number of thiocarbonyl (C=S) groups is 1. The fourth-order valence-electron chi connectivity index (χ4n) is 0.774. The highest BCUT2D eigenvalue weighted by Crippen LogP contribution is 2.08. The Labute approximate surface area is 95.1 Å². The number of nitrogens with two attached hydrogens (primary N) is 1. The second-order valence-electron chi connectivity index (χ2n) is 2.95. The van der Waals surface area contributed by atoms with Crippen LogP contribution in [0, 0.1) is 0 Å². The third-order valence-corrected chi connectivity index (χ3v) is 4.31. The van der Waals surface area contributed by atoms with Crippen LogP contribution in [0.4, 0.5) is 0 Å². The first-order valence-electron chi connectivity index (χ1n) is 4.16. The highest BCUT2D eigenvalue weighted by Gasteiger charge is 2.11. The molecule has 0 aromatic heterocycles. The van der Waals surface area contributed by atoms with Crippen molar-refractivity contribution in [3.05, 3.63) is 0 Å². The Kier molecular flexibility index (Phi) is 6.67. The van der Waals surface area contributed by atoms with Crippen LogP contribution in [0.3, 0.4) is 0 Å². The zero-order valence-electron chi connectivity index (χ0n) is 8.32. The van der Waals surface area contributed by atoms with Gasteiger partial charge in [-0.25, -0.2) is 13.1 Å². The molecule has 4 nitrogen and oxygen atoms in total. The molecule has 84 valence electrons. The molecule has 3 N–H and O–H groups in total. The van der Waals surface area contributed by atoms with Crippen LogP contribution in [-0.2, 0) is 10.0 Å². The van der Waals surface area contributed by atoms with Crippen LogP contribution in [0.25, 0.3) is 0 Å². The summed E-state index contributed by atoms with van der Waals surface area (Å²) >= 11 is 6.23. The van der Waals surface area contributed by atoms with Crippen LogP contribution in [-0.4, -0.2) is 37.2 Å². The predicted molar refractivity (Wildman–Crippen MR) is 66.2 cm³/mol. The van der Waals surface area contributed by atoms with Crippen molar-refractivity contribution in [3.8, 4) is 0 Å². The summed E-state index contributed by atoms with van der Waals surface area (Å²) < 4.78 is 24.9. The van der Waals surface area contributed by atoms with Gasteiger partial charge in [-0.1, -0.05) is 19.1 Å². The van der Waals surface area contributed by atoms with Gasteiger partial charge in [-0.3, -0.25) is 0 Å². The first kappa shape index (κ1) is 14.2. The molecule has 14 heavy (non-hydrogen) atoms. The third kappa shape index (κ3) is 7.54. The zero-order chi connectivity index (χ0) is 11.2. The van der Waals surface area contributed by atoms with Crippen LogP contribution in [0.2, 0.25) is 0 Å². The highest BCUT2D eigenvalue weighted by atomic mass is 32.2. The quantitative estimate of drug-likeness (QED) is 0.642. The smallest absolute Gasteiger partial charge is 0.218 e. The van der Waals surface area contributed by atoms with Crippen LogP contribution in [0.5, 0.6) is 0 Å². The molecule has 7 heteroatoms. The topological polar surface area (TPSA) is 72.2 Å². The molecule has 1 unspecified atom stereocenters. The Bertz CT molecular complexity index is 277. The van der Waals surface area contributed by atoms with Crippen molar-refractivity contribution in [2.75, 3.05) is 18.6 Å². The summed E-state index contributed by atoms with van der Waals surface area (Å²) in [6.07, 6.45) is 2.80. The van der Waals surface area contributed by atoms with Gasteiger partial charge in [0.2, 0.25) is 10.0 Å². The van der Waals surface area contributed by atoms with E-state index < -0.39 is 10.0 Å². The highest BCUT2D eigenvalue weighted by molar-refractivity contribution is 7.99. The second-order valence-corrected chi connectivity index (χ2v) is 6.56. The van der Waals surface area contributed by atoms with E-state index in [1.165, 1.54) is 0 Å². The van der Waals surface area contributed by atoms with Gasteiger partial charge in [0.05, 0.1) is 4.99 Å². The lowest BCUT2D eigenvalue weighted by Crippen LogP contribution is -2.33. The fourth-order valence-corrected chi connectivity index (χ4v) is 2.50. The number of sulfonamides is 1. The molecule has 0 radical (unpaired) electrons. The van der Waals surface area contributed by atoms with Crippen molar-refractivity contribution >= 4 is 39.0 Å². The molecule has 1 atom stereocenters.